The van der Waals surface area contributed by atoms with Gasteiger partial charge in [0.05, 0.1) is 32.0 Å². The predicted molar refractivity (Wildman–Crippen MR) is 406 cm³/mol. The maximum absolute atomic E-state index is 12.4. The number of likely N-dealkylation sites (tertiary alicyclic amines) is 6. The van der Waals surface area contributed by atoms with Crippen LogP contribution in [0.15, 0.2) is 77.7 Å². The smallest absolute Gasteiger partial charge is 0.260 e. The van der Waals surface area contributed by atoms with Gasteiger partial charge in [0.15, 0.2) is 0 Å². The number of benzene rings is 2. The van der Waals surface area contributed by atoms with Crippen molar-refractivity contribution in [1.82, 2.24) is 58.5 Å². The molecule has 16 nitrogen and oxygen atoms in total. The topological polar surface area (TPSA) is 79.3 Å². The highest BCUT2D eigenvalue weighted by Crippen LogP contribution is 2.27. The second kappa shape index (κ2) is 50.0. The molecule has 9 saturated heterocycles. The number of piperidine rings is 4. The second-order valence-electron chi connectivity index (χ2n) is 30.3. The van der Waals surface area contributed by atoms with E-state index in [9.17, 15) is 13.6 Å². The van der Waals surface area contributed by atoms with E-state index in [0.717, 1.165) is 76.8 Å². The van der Waals surface area contributed by atoms with E-state index in [4.69, 9.17) is 9.47 Å². The minimum Gasteiger partial charge on any atom is -0.379 e. The van der Waals surface area contributed by atoms with Gasteiger partial charge in [-0.2, -0.15) is 0 Å². The molecule has 0 radical (unpaired) electrons. The molecule has 0 aliphatic carbocycles. The number of pyridine rings is 1. The summed E-state index contributed by atoms with van der Waals surface area (Å²) >= 11 is 0. The van der Waals surface area contributed by atoms with Gasteiger partial charge in [0.25, 0.3) is 5.92 Å². The van der Waals surface area contributed by atoms with Crippen LogP contribution in [0.3, 0.4) is 0 Å². The fourth-order valence-electron chi connectivity index (χ4n) is 13.2. The summed E-state index contributed by atoms with van der Waals surface area (Å²) in [6, 6.07) is 22.3. The summed E-state index contributed by atoms with van der Waals surface area (Å²) in [5.74, 6) is 0.385. The number of anilines is 1. The molecule has 4 atom stereocenters. The molecule has 18 heteroatoms. The van der Waals surface area contributed by atoms with Crippen LogP contribution in [0.4, 0.5) is 14.5 Å². The highest BCUT2D eigenvalue weighted by molar-refractivity contribution is 5.56. The average molecular weight is 1350 g/mol. The van der Waals surface area contributed by atoms with E-state index in [-0.39, 0.29) is 18.5 Å². The molecule has 4 unspecified atom stereocenters. The van der Waals surface area contributed by atoms with Crippen molar-refractivity contribution in [2.24, 2.45) is 24.8 Å². The quantitative estimate of drug-likeness (QED) is 0.214. The van der Waals surface area contributed by atoms with Crippen molar-refractivity contribution in [3.8, 4) is 0 Å². The molecule has 1 aromatic heterocycles. The Hall–Kier alpha value is -3.47. The Morgan fingerprint density at radius 1 is 0.396 bits per heavy atom. The van der Waals surface area contributed by atoms with E-state index in [0.29, 0.717) is 18.6 Å². The number of likely N-dealkylation sites (N-methyl/N-ethyl adjacent to an activating group) is 5. The molecule has 0 saturated carbocycles. The van der Waals surface area contributed by atoms with Crippen molar-refractivity contribution in [2.45, 2.75) is 143 Å². The summed E-state index contributed by atoms with van der Waals surface area (Å²) in [5, 5.41) is 0. The SMILES string of the molecule is CC1CC(C)CN(C)C1.CC1CCN(C)CC1.CC1CN(C)CC(C)O1.CN1CCC1.CN1CCCC(F)(F)C1.CN1CCCC1.CN1CCCCC1.CN1CCN(C)CC1.CN1CCOCC1.CN1CCc2ccccc21.CN1Cc2ccccc2C1.Cn1ccccc1=O. The number of alkyl halides is 2. The molecular formula is C78H145F2N13O3. The Kier molecular flexibility index (Phi) is 45.2. The van der Waals surface area contributed by atoms with E-state index >= 15 is 0 Å². The Labute approximate surface area is 587 Å². The molecule has 12 heterocycles. The fraction of sp³-hybridized carbons (Fsp3) is 0.782. The largest absolute Gasteiger partial charge is 0.379 e. The lowest BCUT2D eigenvalue weighted by Crippen LogP contribution is -2.42. The van der Waals surface area contributed by atoms with Crippen molar-refractivity contribution in [1.29, 1.82) is 0 Å². The van der Waals surface area contributed by atoms with Crippen LogP contribution in [-0.4, -0.2) is 312 Å². The van der Waals surface area contributed by atoms with Crippen LogP contribution in [0.1, 0.15) is 122 Å². The van der Waals surface area contributed by atoms with Gasteiger partial charge in [0, 0.05) is 124 Å². The van der Waals surface area contributed by atoms with E-state index in [1.165, 1.54) is 195 Å². The third kappa shape index (κ3) is 41.9. The van der Waals surface area contributed by atoms with Crippen molar-refractivity contribution in [2.75, 3.05) is 240 Å². The Morgan fingerprint density at radius 2 is 0.812 bits per heavy atom. The number of hydrogen-bond acceptors (Lipinski definition) is 15. The van der Waals surface area contributed by atoms with Crippen LogP contribution in [0.25, 0.3) is 0 Å². The number of halogens is 2. The van der Waals surface area contributed by atoms with Gasteiger partial charge in [0.2, 0.25) is 5.56 Å². The summed E-state index contributed by atoms with van der Waals surface area (Å²) < 4.78 is 37.0. The van der Waals surface area contributed by atoms with E-state index in [2.05, 4.69) is 215 Å². The molecule has 11 aliphatic heterocycles. The monoisotopic (exact) mass is 1350 g/mol. The number of aromatic nitrogens is 1. The van der Waals surface area contributed by atoms with Gasteiger partial charge in [-0.25, -0.2) is 8.78 Å². The molecule has 2 aromatic carbocycles. The number of nitrogens with zero attached hydrogens (tertiary/aromatic N) is 13. The average Bonchev–Trinajstić information content (AvgIpc) is 1.80. The van der Waals surface area contributed by atoms with Crippen LogP contribution in [0, 0.1) is 17.8 Å². The molecule has 14 rings (SSSR count). The normalized spacial score (nSPS) is 25.1. The van der Waals surface area contributed by atoms with Gasteiger partial charge >= 0.3 is 0 Å². The van der Waals surface area contributed by atoms with Crippen LogP contribution in [0.2, 0.25) is 0 Å². The number of rotatable bonds is 0. The number of aryl methyl sites for hydroxylation is 1. The number of piperazine rings is 1. The van der Waals surface area contributed by atoms with Crippen LogP contribution < -0.4 is 10.5 Å². The van der Waals surface area contributed by atoms with Gasteiger partial charge in [-0.15, -0.1) is 0 Å². The lowest BCUT2D eigenvalue weighted by atomic mass is 9.92. The maximum atomic E-state index is 12.4. The zero-order chi connectivity index (χ0) is 70.8. The first kappa shape index (κ1) is 86.8. The number of fused-ring (bicyclic) bond motifs is 2. The van der Waals surface area contributed by atoms with Crippen molar-refractivity contribution < 1.29 is 18.3 Å². The maximum Gasteiger partial charge on any atom is 0.260 e. The lowest BCUT2D eigenvalue weighted by Gasteiger charge is -2.32. The minimum absolute atomic E-state index is 0.0347. The molecule has 0 bridgehead atoms. The Bertz CT molecular complexity index is 2270. The highest BCUT2D eigenvalue weighted by Gasteiger charge is 2.33. The predicted octanol–water partition coefficient (Wildman–Crippen LogP) is 10.7. The third-order valence-corrected chi connectivity index (χ3v) is 19.3. The third-order valence-electron chi connectivity index (χ3n) is 19.3. The molecule has 11 aliphatic rings. The van der Waals surface area contributed by atoms with Gasteiger partial charge < -0.3 is 67.9 Å². The summed E-state index contributed by atoms with van der Waals surface area (Å²) in [6.45, 7) is 39.6. The first-order chi connectivity index (χ1) is 45.7. The molecule has 0 spiro atoms. The number of hydrogen-bond donors (Lipinski definition) is 0. The minimum atomic E-state index is -2.42. The molecule has 9 fully saturated rings. The zero-order valence-corrected chi connectivity index (χ0v) is 64.8. The molecule has 554 valence electrons. The van der Waals surface area contributed by atoms with Crippen LogP contribution >= 0.6 is 0 Å². The number of para-hydroxylation sites is 1. The van der Waals surface area contributed by atoms with Gasteiger partial charge in [-0.05, 0) is 261 Å². The van der Waals surface area contributed by atoms with E-state index < -0.39 is 5.92 Å². The molecule has 0 amide bonds. The summed E-state index contributed by atoms with van der Waals surface area (Å²) in [5.41, 5.74) is 5.91. The van der Waals surface area contributed by atoms with Crippen LogP contribution in [-0.2, 0) is 36.0 Å². The van der Waals surface area contributed by atoms with Gasteiger partial charge in [-0.1, -0.05) is 75.7 Å². The zero-order valence-electron chi connectivity index (χ0n) is 64.8. The lowest BCUT2D eigenvalue weighted by molar-refractivity contribution is -0.0602. The van der Waals surface area contributed by atoms with Crippen molar-refractivity contribution in [3.05, 3.63) is 100.0 Å². The fourth-order valence-corrected chi connectivity index (χ4v) is 13.2. The first-order valence-corrected chi connectivity index (χ1v) is 37.3. The molecule has 96 heavy (non-hydrogen) atoms. The van der Waals surface area contributed by atoms with E-state index in [1.54, 1.807) is 31.3 Å². The van der Waals surface area contributed by atoms with Crippen LogP contribution in [0.5, 0.6) is 0 Å². The van der Waals surface area contributed by atoms with Crippen molar-refractivity contribution in [3.63, 3.8) is 0 Å². The summed E-state index contributed by atoms with van der Waals surface area (Å²) in [4.78, 5) is 38.1. The molecule has 0 N–H and O–H groups in total. The molecular weight excluding hydrogens is 1200 g/mol. The van der Waals surface area contributed by atoms with Crippen molar-refractivity contribution >= 4 is 5.69 Å². The highest BCUT2D eigenvalue weighted by atomic mass is 19.3. The van der Waals surface area contributed by atoms with E-state index in [1.807, 2.05) is 6.07 Å². The second-order valence-corrected chi connectivity index (χ2v) is 30.3. The Balaban J connectivity index is 0.000000274. The summed E-state index contributed by atoms with van der Waals surface area (Å²) in [7, 11) is 27.3. The number of morpholine rings is 2. The van der Waals surface area contributed by atoms with Gasteiger partial charge in [-0.3, -0.25) is 9.69 Å². The summed E-state index contributed by atoms with van der Waals surface area (Å²) in [6.07, 6.45) is 17.2. The number of ether oxygens (including phenoxy) is 2. The first-order valence-electron chi connectivity index (χ1n) is 37.3. The standard InChI is InChI=1S/2C9H11N.C8H17N.C7H15NO.C7H15N.C6H11F2N.C6H14N2.C6H7NO.C6H13N.C5H11NO.C5H11N.C4H9N/c1-10-6-8-4-2-3-5-9(8)7-10;1-10-7-6-8-4-2-3-5-9(8)10;1-7-4-8(2)6-9(3)5-7;1-6-4-8(3)5-7(2)9-6;1-7-3-5-8(2)6-4-7;1-9-4-2-3-6(7,8)5-9;1-7-3-5-8(2)6-4-7;1-7-5-3-2-4-6(7)8;1-7-5-3-2-4-6-7;1-6-2-4-7-5-3-6;1-6-4-2-3-5-6;1-5-3-2-4-5/h2*2-5H,6-7H2,1H3;7-8H,4-6H2,1-3H3;6-7H,4-5H2,1-3H3;7H,3-6H2,1-2H3;2-5H2,1H3;3-6H2,1-2H3;2-5H,1H3;2-6H2,1H3;2-5H2,1H3;2-5H2,1H3;2-4H2,1H3. The Morgan fingerprint density at radius 3 is 1.16 bits per heavy atom. The van der Waals surface area contributed by atoms with Gasteiger partial charge in [0.1, 0.15) is 0 Å². The molecule has 3 aromatic rings.